The smallest absolute Gasteiger partial charge is 0.309 e. The maximum absolute atomic E-state index is 11.8. The minimum Gasteiger partial charge on any atom is -0.466 e. The topological polar surface area (TPSA) is 126 Å². The third kappa shape index (κ3) is 28.4. The Morgan fingerprint density at radius 2 is 0.780 bits per heavy atom. The normalized spacial score (nSPS) is 39.6. The lowest BCUT2D eigenvalue weighted by molar-refractivity contribution is -0.150. The molecule has 0 radical (unpaired) electrons. The van der Waals surface area contributed by atoms with Gasteiger partial charge in [0.05, 0.1) is 44.9 Å². The number of nitrogens with one attached hydrogen (secondary N) is 1. The van der Waals surface area contributed by atoms with Crippen molar-refractivity contribution in [2.75, 3.05) is 59.3 Å². The van der Waals surface area contributed by atoms with Crippen molar-refractivity contribution in [2.45, 2.75) is 379 Å². The van der Waals surface area contributed by atoms with E-state index in [1.807, 2.05) is 27.7 Å². The Bertz CT molecular complexity index is 4510. The SMILES string of the molecule is CC1=CC2CC1CC2C.CCC.CCC(=O)C1(C)CC2C=CC1C2.CCC(=O)C1(C)CC2CC1C=C2C.CCC1(C)CC2CC1C=C2C.CCCC1(C)CC2CC1C=C2C.CCCOC(=O)C1CC2C=CC1C2.CCCc1ccc(COCC2CC3C=CC2C3)cc1.CCNCC1(C)CC2CC1C=C2C.CCOC(=O)C1CC2C=CC1C2.CCOCC1(C)CC2CC1C=C2C.CCOCC1CC2C=CC1C2. The summed E-state index contributed by atoms with van der Waals surface area (Å²) in [6.45, 7) is 64.3. The predicted molar refractivity (Wildman–Crippen MR) is 590 cm³/mol. The minimum absolute atomic E-state index is 0.00579. The van der Waals surface area contributed by atoms with Gasteiger partial charge in [-0.3, -0.25) is 19.2 Å². The van der Waals surface area contributed by atoms with E-state index in [0.29, 0.717) is 107 Å². The Balaban J connectivity index is 0.000000139. The Morgan fingerprint density at radius 3 is 1.12 bits per heavy atom. The highest BCUT2D eigenvalue weighted by molar-refractivity contribution is 5.86. The fraction of sp³-hybridized carbons (Fsp3) is 0.756. The van der Waals surface area contributed by atoms with Gasteiger partial charge >= 0.3 is 11.9 Å². The molecule has 22 aliphatic rings. The number of ether oxygens (including phenoxy) is 5. The van der Waals surface area contributed by atoms with E-state index in [1.54, 1.807) is 27.9 Å². The Hall–Kier alpha value is -5.52. The third-order valence-corrected chi connectivity index (χ3v) is 40.3. The van der Waals surface area contributed by atoms with E-state index in [1.165, 1.54) is 177 Å². The van der Waals surface area contributed by atoms with E-state index in [9.17, 15) is 19.2 Å². The minimum atomic E-state index is -0.0150. The van der Waals surface area contributed by atoms with E-state index in [0.717, 1.165) is 179 Å². The van der Waals surface area contributed by atoms with Gasteiger partial charge in [0, 0.05) is 50.0 Å². The second-order valence-electron chi connectivity index (χ2n) is 50.9. The van der Waals surface area contributed by atoms with E-state index < -0.39 is 0 Å². The van der Waals surface area contributed by atoms with Crippen LogP contribution in [0.3, 0.4) is 0 Å². The molecule has 0 aromatic heterocycles. The van der Waals surface area contributed by atoms with Crippen molar-refractivity contribution >= 4 is 23.5 Å². The van der Waals surface area contributed by atoms with Crippen molar-refractivity contribution < 1.29 is 42.9 Å². The van der Waals surface area contributed by atoms with E-state index in [-0.39, 0.29) is 34.6 Å². The van der Waals surface area contributed by atoms with Crippen molar-refractivity contribution in [1.29, 1.82) is 0 Å². The second kappa shape index (κ2) is 52.1. The molecule has 10 nitrogen and oxygen atoms in total. The van der Waals surface area contributed by atoms with E-state index in [4.69, 9.17) is 23.7 Å². The number of allylic oxidation sites excluding steroid dienone is 22. The highest BCUT2D eigenvalue weighted by Gasteiger charge is 2.54. The van der Waals surface area contributed by atoms with Crippen LogP contribution in [0.25, 0.3) is 0 Å². The zero-order valence-electron chi connectivity index (χ0n) is 94.3. The highest BCUT2D eigenvalue weighted by Crippen LogP contribution is 2.62. The van der Waals surface area contributed by atoms with Crippen LogP contribution < -0.4 is 5.32 Å². The average Bonchev–Trinajstić information content (AvgIpc) is 1.71. The van der Waals surface area contributed by atoms with Crippen molar-refractivity contribution in [1.82, 2.24) is 5.32 Å². The van der Waals surface area contributed by atoms with Gasteiger partial charge in [-0.25, -0.2) is 0 Å². The number of aryl methyl sites for hydroxylation is 1. The number of Topliss-reactive ketones (excluding diaryl/α,β-unsaturated/α-hetero) is 2. The monoisotopic (exact) mass is 1940 g/mol. The molecular formula is C131H205NO9. The Morgan fingerprint density at radius 1 is 0.355 bits per heavy atom. The zero-order chi connectivity index (χ0) is 102. The number of hydrogen-bond acceptors (Lipinski definition) is 10. The molecular weight excluding hydrogens is 1730 g/mol. The van der Waals surface area contributed by atoms with E-state index >= 15 is 0 Å². The van der Waals surface area contributed by atoms with Crippen molar-refractivity contribution in [2.24, 2.45) is 192 Å². The van der Waals surface area contributed by atoms with Crippen LogP contribution in [0.4, 0.5) is 0 Å². The van der Waals surface area contributed by atoms with Crippen molar-refractivity contribution in [3.63, 3.8) is 0 Å². The lowest BCUT2D eigenvalue weighted by Gasteiger charge is -2.32. The number of hydrogen-bond donors (Lipinski definition) is 1. The zero-order valence-corrected chi connectivity index (χ0v) is 94.3. The van der Waals surface area contributed by atoms with Crippen LogP contribution in [0, 0.1) is 192 Å². The molecule has 0 aliphatic heterocycles. The summed E-state index contributed by atoms with van der Waals surface area (Å²) in [6.07, 6.45) is 76.8. The van der Waals surface area contributed by atoms with Crippen LogP contribution in [0.1, 0.15) is 377 Å². The Kier molecular flexibility index (Phi) is 42.2. The number of rotatable bonds is 27. The summed E-state index contributed by atoms with van der Waals surface area (Å²) in [7, 11) is 0. The van der Waals surface area contributed by atoms with Crippen molar-refractivity contribution in [3.05, 3.63) is 166 Å². The maximum Gasteiger partial charge on any atom is 0.309 e. The first-order chi connectivity index (χ1) is 67.4. The molecule has 0 spiro atoms. The molecule has 11 saturated carbocycles. The molecule has 1 aromatic carbocycles. The molecule has 1 aromatic rings. The number of carbonyl (C=O) groups is 4. The van der Waals surface area contributed by atoms with Crippen LogP contribution in [0.5, 0.6) is 0 Å². The average molecular weight is 1940 g/mol. The summed E-state index contributed by atoms with van der Waals surface area (Å²) >= 11 is 0. The van der Waals surface area contributed by atoms with Gasteiger partial charge in [0.15, 0.2) is 0 Å². The van der Waals surface area contributed by atoms with Gasteiger partial charge in [0.25, 0.3) is 0 Å². The lowest BCUT2D eigenvalue weighted by atomic mass is 9.72. The molecule has 33 atom stereocenters. The van der Waals surface area contributed by atoms with Gasteiger partial charge in [0.1, 0.15) is 11.6 Å². The Labute approximate surface area is 862 Å². The van der Waals surface area contributed by atoms with Crippen LogP contribution >= 0.6 is 0 Å². The summed E-state index contributed by atoms with van der Waals surface area (Å²) in [5.74, 6) is 21.2. The first-order valence-electron chi connectivity index (χ1n) is 58.8. The molecule has 11 fully saturated rings. The summed E-state index contributed by atoms with van der Waals surface area (Å²) in [5.41, 5.74) is 14.8. The highest BCUT2D eigenvalue weighted by atomic mass is 16.5. The number of fused-ring (bicyclic) bond motifs is 22. The molecule has 10 heteroatoms. The largest absolute Gasteiger partial charge is 0.466 e. The first-order valence-corrected chi connectivity index (χ1v) is 58.8. The second-order valence-corrected chi connectivity index (χ2v) is 50.9. The van der Waals surface area contributed by atoms with E-state index in [2.05, 4.69) is 272 Å². The molecule has 1 N–H and O–H groups in total. The summed E-state index contributed by atoms with van der Waals surface area (Å²) in [4.78, 5) is 46.4. The standard InChI is InChI=1S/C18H24O.C12H21N.C12H20O.C12H18O.C12H20.C11H16O2.C11H16O.C11H18.C10H14O2.C10H16O.C9H14.C3H8/c1-2-3-14-4-6-15(7-5-14)12-19-13-18-11-16-8-9-17(18)10-16;2*1-4-13-8-12(3)7-10-6-11(12)5-9(10)2;1-4-11(13)12(3)7-9-6-10(12)5-8(9)2;1-4-5-12(3)8-10-7-11(12)6-9(10)2;1-2-5-13-11(12)10-7-8-3-4-9(10)6-8;1-3-10(12)11(2)7-8-4-5-9(11)6-8;1-4-11(3)7-9-6-10(11)5-8(9)2;1-2-12-10(11)9-6-7-3-4-8(9)5-7;1-2-11-7-10-6-8-3-4-9(10)5-8;1-6-3-9-5-8(6)4-7(9)2;1-3-2/h4-9,16-18H,2-3,10-13H2,1H3;5,10-11,13H,4,6-8H2,1-3H3;5,10-11H,4,6-8H2,1-3H3;5,9-10H,4,6-7H2,1-3H3;6,10-11H,4-5,7-8H2,1-3H3;3-4,8-10H,2,5-7H2,1H3;4-5,8-9H,3,6-7H2,1-2H3;5,9-10H,4,6-7H2,1-3H3;3-4,7-9H,2,5-6H2,1H3;3-4,8-10H,2,5-7H2,1H3;3,7-9H,4-5H2,1-2H3;3H2,1-2H3. The quantitative estimate of drug-likeness (QED) is 0.0672. The van der Waals surface area contributed by atoms with Crippen LogP contribution in [-0.4, -0.2) is 82.8 Å². The number of benzene rings is 1. The predicted octanol–water partition coefficient (Wildman–Crippen LogP) is 32.8. The molecule has 0 saturated heterocycles. The van der Waals surface area contributed by atoms with Gasteiger partial charge in [-0.15, -0.1) is 0 Å². The molecule has 22 bridgehead atoms. The molecule has 23 rings (SSSR count). The summed E-state index contributed by atoms with van der Waals surface area (Å²) < 4.78 is 27.1. The number of esters is 2. The third-order valence-electron chi connectivity index (χ3n) is 40.3. The van der Waals surface area contributed by atoms with Gasteiger partial charge in [-0.05, 0) is 410 Å². The summed E-state index contributed by atoms with van der Waals surface area (Å²) in [6, 6.07) is 8.91. The summed E-state index contributed by atoms with van der Waals surface area (Å²) in [5, 5.41) is 3.50. The maximum atomic E-state index is 11.8. The van der Waals surface area contributed by atoms with Crippen LogP contribution in [-0.2, 0) is 55.9 Å². The van der Waals surface area contributed by atoms with Gasteiger partial charge < -0.3 is 29.0 Å². The van der Waals surface area contributed by atoms with Gasteiger partial charge in [-0.1, -0.05) is 291 Å². The molecule has 141 heavy (non-hydrogen) atoms. The molecule has 33 unspecified atom stereocenters. The van der Waals surface area contributed by atoms with Crippen LogP contribution in [0.2, 0.25) is 0 Å². The van der Waals surface area contributed by atoms with Crippen LogP contribution in [0.15, 0.2) is 155 Å². The number of ketones is 2. The van der Waals surface area contributed by atoms with Gasteiger partial charge in [0.2, 0.25) is 0 Å². The van der Waals surface area contributed by atoms with Gasteiger partial charge in [-0.2, -0.15) is 0 Å². The fourth-order valence-electron chi connectivity index (χ4n) is 31.0. The molecule has 22 aliphatic carbocycles. The number of carbonyl (C=O) groups excluding carboxylic acids is 4. The molecule has 788 valence electrons. The lowest BCUT2D eigenvalue weighted by Crippen LogP contribution is -2.35. The fourth-order valence-corrected chi connectivity index (χ4v) is 31.0. The van der Waals surface area contributed by atoms with Crippen molar-refractivity contribution in [3.8, 4) is 0 Å². The molecule has 0 heterocycles. The molecule has 0 amide bonds. The first kappa shape index (κ1) is 114.